The fourth-order valence-electron chi connectivity index (χ4n) is 2.33. The molecule has 0 atom stereocenters. The molecule has 2 amide bonds. The van der Waals surface area contributed by atoms with Crippen molar-refractivity contribution in [3.8, 4) is 0 Å². The predicted molar refractivity (Wildman–Crippen MR) is 97.4 cm³/mol. The van der Waals surface area contributed by atoms with Gasteiger partial charge in [0.1, 0.15) is 5.76 Å². The van der Waals surface area contributed by atoms with Gasteiger partial charge in [-0.3, -0.25) is 19.7 Å². The zero-order valence-electron chi connectivity index (χ0n) is 14.0. The average Bonchev–Trinajstić information content (AvgIpc) is 3.20. The van der Waals surface area contributed by atoms with Crippen LogP contribution in [0.25, 0.3) is 0 Å². The highest BCUT2D eigenvalue weighted by Gasteiger charge is 2.11. The van der Waals surface area contributed by atoms with Crippen molar-refractivity contribution in [2.24, 2.45) is 0 Å². The largest absolute Gasteiger partial charge is 0.467 e. The summed E-state index contributed by atoms with van der Waals surface area (Å²) in [5, 5.41) is 16.0. The van der Waals surface area contributed by atoms with Gasteiger partial charge in [-0.2, -0.15) is 0 Å². The minimum absolute atomic E-state index is 0.0866. The van der Waals surface area contributed by atoms with Crippen molar-refractivity contribution in [2.45, 2.75) is 6.54 Å². The Labute approximate surface area is 154 Å². The Bertz CT molecular complexity index is 948. The third-order valence-electron chi connectivity index (χ3n) is 3.75. The summed E-state index contributed by atoms with van der Waals surface area (Å²) < 4.78 is 5.15. The van der Waals surface area contributed by atoms with Gasteiger partial charge in [0, 0.05) is 28.9 Å². The Morgan fingerprint density at radius 3 is 2.15 bits per heavy atom. The Morgan fingerprint density at radius 2 is 1.56 bits per heavy atom. The number of carbonyl (C=O) groups is 2. The summed E-state index contributed by atoms with van der Waals surface area (Å²) in [6.45, 7) is 0.282. The molecule has 0 saturated carbocycles. The molecular weight excluding hydrogens is 350 g/mol. The van der Waals surface area contributed by atoms with E-state index < -0.39 is 10.8 Å². The highest BCUT2D eigenvalue weighted by atomic mass is 16.6. The molecule has 3 rings (SSSR count). The van der Waals surface area contributed by atoms with Gasteiger partial charge in [0.2, 0.25) is 0 Å². The summed E-state index contributed by atoms with van der Waals surface area (Å²) >= 11 is 0. The first-order valence-electron chi connectivity index (χ1n) is 7.99. The zero-order chi connectivity index (χ0) is 19.2. The fourth-order valence-corrected chi connectivity index (χ4v) is 2.33. The number of amides is 2. The van der Waals surface area contributed by atoms with E-state index in [4.69, 9.17) is 4.42 Å². The molecule has 0 saturated heterocycles. The van der Waals surface area contributed by atoms with Crippen molar-refractivity contribution < 1.29 is 18.9 Å². The number of non-ortho nitro benzene ring substituents is 1. The van der Waals surface area contributed by atoms with E-state index in [1.807, 2.05) is 0 Å². The van der Waals surface area contributed by atoms with Gasteiger partial charge in [-0.1, -0.05) is 0 Å². The number of nitro groups is 1. The molecule has 0 unspecified atom stereocenters. The second kappa shape index (κ2) is 7.96. The first-order chi connectivity index (χ1) is 13.0. The van der Waals surface area contributed by atoms with E-state index in [0.717, 1.165) is 0 Å². The second-order valence-corrected chi connectivity index (χ2v) is 5.60. The average molecular weight is 365 g/mol. The van der Waals surface area contributed by atoms with Crippen molar-refractivity contribution in [1.29, 1.82) is 0 Å². The molecule has 0 spiro atoms. The van der Waals surface area contributed by atoms with E-state index >= 15 is 0 Å². The first kappa shape index (κ1) is 17.9. The second-order valence-electron chi connectivity index (χ2n) is 5.60. The van der Waals surface area contributed by atoms with Crippen LogP contribution in [0.5, 0.6) is 0 Å². The Morgan fingerprint density at radius 1 is 0.926 bits per heavy atom. The molecule has 27 heavy (non-hydrogen) atoms. The van der Waals surface area contributed by atoms with Gasteiger partial charge < -0.3 is 15.1 Å². The molecule has 1 heterocycles. The summed E-state index contributed by atoms with van der Waals surface area (Å²) in [6, 6.07) is 15.2. The molecule has 8 heteroatoms. The highest BCUT2D eigenvalue weighted by Crippen LogP contribution is 2.15. The van der Waals surface area contributed by atoms with Crippen molar-refractivity contribution in [1.82, 2.24) is 5.32 Å². The maximum absolute atomic E-state index is 12.2. The van der Waals surface area contributed by atoms with Crippen LogP contribution in [0.3, 0.4) is 0 Å². The number of benzene rings is 2. The molecule has 2 N–H and O–H groups in total. The lowest BCUT2D eigenvalue weighted by Gasteiger charge is -2.07. The number of rotatable bonds is 6. The summed E-state index contributed by atoms with van der Waals surface area (Å²) in [7, 11) is 0. The van der Waals surface area contributed by atoms with Gasteiger partial charge in [0.05, 0.1) is 17.7 Å². The van der Waals surface area contributed by atoms with Crippen LogP contribution < -0.4 is 10.6 Å². The predicted octanol–water partition coefficient (Wildman–Crippen LogP) is 3.37. The van der Waals surface area contributed by atoms with Crippen LogP contribution in [-0.4, -0.2) is 16.7 Å². The number of anilines is 1. The SMILES string of the molecule is O=C(NCc1ccco1)c1ccc(NC(=O)c2ccc([N+](=O)[O-])cc2)cc1. The Kier molecular flexibility index (Phi) is 5.27. The van der Waals surface area contributed by atoms with Gasteiger partial charge in [-0.05, 0) is 48.5 Å². The van der Waals surface area contributed by atoms with E-state index in [0.29, 0.717) is 22.6 Å². The summed E-state index contributed by atoms with van der Waals surface area (Å²) in [5.41, 5.74) is 1.15. The van der Waals surface area contributed by atoms with Crippen molar-refractivity contribution in [3.05, 3.63) is 93.9 Å². The number of nitrogens with zero attached hydrogens (tertiary/aromatic N) is 1. The third-order valence-corrected chi connectivity index (χ3v) is 3.75. The molecule has 0 fully saturated rings. The van der Waals surface area contributed by atoms with E-state index in [9.17, 15) is 19.7 Å². The van der Waals surface area contributed by atoms with Gasteiger partial charge >= 0.3 is 0 Å². The number of furan rings is 1. The van der Waals surface area contributed by atoms with Crippen LogP contribution in [0.1, 0.15) is 26.5 Å². The normalized spacial score (nSPS) is 10.2. The molecule has 8 nitrogen and oxygen atoms in total. The molecule has 1 aromatic heterocycles. The summed E-state index contributed by atoms with van der Waals surface area (Å²) in [4.78, 5) is 34.4. The Hall–Kier alpha value is -3.94. The van der Waals surface area contributed by atoms with E-state index in [-0.39, 0.29) is 18.1 Å². The smallest absolute Gasteiger partial charge is 0.269 e. The van der Waals surface area contributed by atoms with Crippen molar-refractivity contribution >= 4 is 23.2 Å². The molecule has 0 aliphatic rings. The fraction of sp³-hybridized carbons (Fsp3) is 0.0526. The van der Waals surface area contributed by atoms with Gasteiger partial charge in [-0.25, -0.2) is 0 Å². The lowest BCUT2D eigenvalue weighted by atomic mass is 10.1. The Balaban J connectivity index is 1.58. The maximum atomic E-state index is 12.2. The molecule has 2 aromatic carbocycles. The molecule has 0 bridgehead atoms. The minimum atomic E-state index is -0.530. The molecule has 0 aliphatic carbocycles. The van der Waals surface area contributed by atoms with Gasteiger partial charge in [0.25, 0.3) is 17.5 Å². The highest BCUT2D eigenvalue weighted by molar-refractivity contribution is 6.04. The number of carbonyl (C=O) groups excluding carboxylic acids is 2. The molecule has 3 aromatic rings. The lowest BCUT2D eigenvalue weighted by Crippen LogP contribution is -2.22. The van der Waals surface area contributed by atoms with E-state index in [2.05, 4.69) is 10.6 Å². The maximum Gasteiger partial charge on any atom is 0.269 e. The van der Waals surface area contributed by atoms with Gasteiger partial charge in [-0.15, -0.1) is 0 Å². The number of nitro benzene ring substituents is 1. The van der Waals surface area contributed by atoms with Crippen LogP contribution in [0.4, 0.5) is 11.4 Å². The summed E-state index contributed by atoms with van der Waals surface area (Å²) in [5.74, 6) is -0.0186. The lowest BCUT2D eigenvalue weighted by molar-refractivity contribution is -0.384. The van der Waals surface area contributed by atoms with E-state index in [1.165, 1.54) is 30.5 Å². The van der Waals surface area contributed by atoms with Crippen molar-refractivity contribution in [3.63, 3.8) is 0 Å². The summed E-state index contributed by atoms with van der Waals surface area (Å²) in [6.07, 6.45) is 1.53. The standard InChI is InChI=1S/C19H15N3O5/c23-18(20-12-17-2-1-11-27-17)13-3-7-15(8-4-13)21-19(24)14-5-9-16(10-6-14)22(25)26/h1-11H,12H2,(H,20,23)(H,21,24). The first-order valence-corrected chi connectivity index (χ1v) is 7.99. The number of nitrogens with one attached hydrogen (secondary N) is 2. The quantitative estimate of drug-likeness (QED) is 0.513. The van der Waals surface area contributed by atoms with Crippen LogP contribution in [0, 0.1) is 10.1 Å². The molecular formula is C19H15N3O5. The van der Waals surface area contributed by atoms with Crippen LogP contribution in [0.2, 0.25) is 0 Å². The third kappa shape index (κ3) is 4.57. The van der Waals surface area contributed by atoms with Crippen LogP contribution in [0.15, 0.2) is 71.3 Å². The van der Waals surface area contributed by atoms with E-state index in [1.54, 1.807) is 36.4 Å². The van der Waals surface area contributed by atoms with Crippen molar-refractivity contribution in [2.75, 3.05) is 5.32 Å². The molecule has 0 radical (unpaired) electrons. The van der Waals surface area contributed by atoms with Gasteiger partial charge in [0.15, 0.2) is 0 Å². The monoisotopic (exact) mass is 365 g/mol. The molecule has 136 valence electrons. The number of hydrogen-bond acceptors (Lipinski definition) is 5. The van der Waals surface area contributed by atoms with Crippen LogP contribution >= 0.6 is 0 Å². The topological polar surface area (TPSA) is 114 Å². The zero-order valence-corrected chi connectivity index (χ0v) is 14.0. The minimum Gasteiger partial charge on any atom is -0.467 e. The number of hydrogen-bond donors (Lipinski definition) is 2. The molecule has 0 aliphatic heterocycles. The van der Waals surface area contributed by atoms with Crippen LogP contribution in [-0.2, 0) is 6.54 Å².